The molecule has 74 valence electrons. The second-order valence-electron chi connectivity index (χ2n) is 4.38. The third-order valence-corrected chi connectivity index (χ3v) is 2.49. The van der Waals surface area contributed by atoms with Gasteiger partial charge < -0.3 is 11.1 Å². The standard InChI is InChI=1S/C10H24N2/c1-5-10(3,4)8-12-9(2)6-7-11/h9,12H,5-8,11H2,1-4H3. The topological polar surface area (TPSA) is 38.0 Å². The average Bonchev–Trinajstić information content (AvgIpc) is 2.02. The van der Waals surface area contributed by atoms with Crippen LogP contribution in [0.3, 0.4) is 0 Å². The molecule has 3 N–H and O–H groups in total. The molecule has 0 aliphatic carbocycles. The predicted molar refractivity (Wildman–Crippen MR) is 55.2 cm³/mol. The zero-order valence-corrected chi connectivity index (χ0v) is 8.98. The highest BCUT2D eigenvalue weighted by Gasteiger charge is 2.15. The van der Waals surface area contributed by atoms with Crippen LogP contribution in [-0.2, 0) is 0 Å². The highest BCUT2D eigenvalue weighted by Crippen LogP contribution is 2.17. The van der Waals surface area contributed by atoms with Crippen molar-refractivity contribution < 1.29 is 0 Å². The van der Waals surface area contributed by atoms with Crippen LogP contribution in [0.15, 0.2) is 0 Å². The fraction of sp³-hybridized carbons (Fsp3) is 1.00. The van der Waals surface area contributed by atoms with Crippen LogP contribution < -0.4 is 11.1 Å². The normalized spacial score (nSPS) is 14.8. The minimum atomic E-state index is 0.420. The molecule has 1 atom stereocenters. The Hall–Kier alpha value is -0.0800. The van der Waals surface area contributed by atoms with Crippen LogP contribution >= 0.6 is 0 Å². The number of nitrogens with two attached hydrogens (primary N) is 1. The third kappa shape index (κ3) is 5.56. The zero-order valence-electron chi connectivity index (χ0n) is 8.98. The first-order valence-corrected chi connectivity index (χ1v) is 4.95. The summed E-state index contributed by atoms with van der Waals surface area (Å²) in [5, 5.41) is 3.49. The highest BCUT2D eigenvalue weighted by atomic mass is 14.9. The Morgan fingerprint density at radius 3 is 2.42 bits per heavy atom. The van der Waals surface area contributed by atoms with Gasteiger partial charge in [0.15, 0.2) is 0 Å². The molecule has 0 spiro atoms. The van der Waals surface area contributed by atoms with Gasteiger partial charge in [-0.25, -0.2) is 0 Å². The quantitative estimate of drug-likeness (QED) is 0.640. The maximum Gasteiger partial charge on any atom is 0.00509 e. The van der Waals surface area contributed by atoms with Crippen LogP contribution in [0.25, 0.3) is 0 Å². The summed E-state index contributed by atoms with van der Waals surface area (Å²) in [4.78, 5) is 0. The van der Waals surface area contributed by atoms with Crippen molar-refractivity contribution in [3.63, 3.8) is 0 Å². The zero-order chi connectivity index (χ0) is 9.61. The van der Waals surface area contributed by atoms with Crippen molar-refractivity contribution in [2.24, 2.45) is 11.1 Å². The smallest absolute Gasteiger partial charge is 0.00509 e. The van der Waals surface area contributed by atoms with Crippen LogP contribution in [0.4, 0.5) is 0 Å². The molecule has 0 aromatic heterocycles. The molecule has 2 heteroatoms. The van der Waals surface area contributed by atoms with Gasteiger partial charge in [0, 0.05) is 12.6 Å². The molecule has 0 heterocycles. The molecule has 0 amide bonds. The van der Waals surface area contributed by atoms with Crippen molar-refractivity contribution in [2.75, 3.05) is 13.1 Å². The summed E-state index contributed by atoms with van der Waals surface area (Å²) in [6.07, 6.45) is 2.29. The molecule has 0 saturated carbocycles. The van der Waals surface area contributed by atoms with Gasteiger partial charge in [-0.1, -0.05) is 20.8 Å². The van der Waals surface area contributed by atoms with Crippen LogP contribution in [0, 0.1) is 5.41 Å². The Labute approximate surface area is 76.9 Å². The first-order chi connectivity index (χ1) is 5.52. The molecular weight excluding hydrogens is 148 g/mol. The Kier molecular flexibility index (Phi) is 5.51. The summed E-state index contributed by atoms with van der Waals surface area (Å²) in [6, 6.07) is 0.556. The molecular formula is C10H24N2. The van der Waals surface area contributed by atoms with Gasteiger partial charge in [0.2, 0.25) is 0 Å². The number of hydrogen-bond acceptors (Lipinski definition) is 2. The van der Waals surface area contributed by atoms with Crippen molar-refractivity contribution >= 4 is 0 Å². The predicted octanol–water partition coefficient (Wildman–Crippen LogP) is 1.75. The van der Waals surface area contributed by atoms with Crippen LogP contribution in [0.1, 0.15) is 40.5 Å². The molecule has 2 nitrogen and oxygen atoms in total. The summed E-state index contributed by atoms with van der Waals surface area (Å²) < 4.78 is 0. The Morgan fingerprint density at radius 2 is 2.00 bits per heavy atom. The van der Waals surface area contributed by atoms with E-state index in [9.17, 15) is 0 Å². The van der Waals surface area contributed by atoms with Crippen LogP contribution in [-0.4, -0.2) is 19.1 Å². The number of rotatable bonds is 6. The average molecular weight is 172 g/mol. The lowest BCUT2D eigenvalue weighted by molar-refractivity contribution is 0.309. The van der Waals surface area contributed by atoms with E-state index >= 15 is 0 Å². The van der Waals surface area contributed by atoms with Crippen molar-refractivity contribution in [1.29, 1.82) is 0 Å². The van der Waals surface area contributed by atoms with Crippen molar-refractivity contribution in [3.8, 4) is 0 Å². The van der Waals surface area contributed by atoms with Crippen molar-refractivity contribution in [3.05, 3.63) is 0 Å². The number of hydrogen-bond donors (Lipinski definition) is 2. The Balaban J connectivity index is 3.52. The maximum atomic E-state index is 5.46. The first kappa shape index (κ1) is 11.9. The van der Waals surface area contributed by atoms with E-state index in [2.05, 4.69) is 33.0 Å². The summed E-state index contributed by atoms with van der Waals surface area (Å²) in [7, 11) is 0. The molecule has 0 radical (unpaired) electrons. The molecule has 0 fully saturated rings. The third-order valence-electron chi connectivity index (χ3n) is 2.49. The van der Waals surface area contributed by atoms with Gasteiger partial charge in [0.25, 0.3) is 0 Å². The van der Waals surface area contributed by atoms with Crippen molar-refractivity contribution in [2.45, 2.75) is 46.6 Å². The lowest BCUT2D eigenvalue weighted by Gasteiger charge is -2.25. The molecule has 0 rings (SSSR count). The van der Waals surface area contributed by atoms with E-state index in [0.717, 1.165) is 19.5 Å². The van der Waals surface area contributed by atoms with E-state index in [-0.39, 0.29) is 0 Å². The minimum absolute atomic E-state index is 0.420. The van der Waals surface area contributed by atoms with Gasteiger partial charge in [0.1, 0.15) is 0 Å². The summed E-state index contributed by atoms with van der Waals surface area (Å²) in [6.45, 7) is 10.9. The first-order valence-electron chi connectivity index (χ1n) is 4.95. The monoisotopic (exact) mass is 172 g/mol. The van der Waals surface area contributed by atoms with Crippen molar-refractivity contribution in [1.82, 2.24) is 5.32 Å². The Morgan fingerprint density at radius 1 is 1.42 bits per heavy atom. The second-order valence-corrected chi connectivity index (χ2v) is 4.38. The molecule has 12 heavy (non-hydrogen) atoms. The van der Waals surface area contributed by atoms with Gasteiger partial charge in [-0.05, 0) is 31.7 Å². The Bertz CT molecular complexity index is 110. The maximum absolute atomic E-state index is 5.46. The molecule has 0 bridgehead atoms. The second kappa shape index (κ2) is 5.55. The molecule has 0 aromatic carbocycles. The molecule has 0 saturated heterocycles. The van der Waals surface area contributed by atoms with E-state index in [1.165, 1.54) is 6.42 Å². The molecule has 0 aliphatic rings. The number of nitrogens with one attached hydrogen (secondary N) is 1. The van der Waals surface area contributed by atoms with Gasteiger partial charge in [0.05, 0.1) is 0 Å². The van der Waals surface area contributed by atoms with Gasteiger partial charge in [-0.3, -0.25) is 0 Å². The summed E-state index contributed by atoms with van der Waals surface area (Å²) in [5.41, 5.74) is 5.88. The highest BCUT2D eigenvalue weighted by molar-refractivity contribution is 4.72. The lowest BCUT2D eigenvalue weighted by atomic mass is 9.90. The van der Waals surface area contributed by atoms with E-state index in [0.29, 0.717) is 11.5 Å². The fourth-order valence-corrected chi connectivity index (χ4v) is 0.928. The molecule has 1 unspecified atom stereocenters. The summed E-state index contributed by atoms with van der Waals surface area (Å²) >= 11 is 0. The largest absolute Gasteiger partial charge is 0.330 e. The lowest BCUT2D eigenvalue weighted by Crippen LogP contribution is -2.36. The minimum Gasteiger partial charge on any atom is -0.330 e. The summed E-state index contributed by atoms with van der Waals surface area (Å²) in [5.74, 6) is 0. The van der Waals surface area contributed by atoms with Gasteiger partial charge in [-0.2, -0.15) is 0 Å². The van der Waals surface area contributed by atoms with Gasteiger partial charge in [-0.15, -0.1) is 0 Å². The SMILES string of the molecule is CCC(C)(C)CNC(C)CCN. The van der Waals surface area contributed by atoms with E-state index in [1.54, 1.807) is 0 Å². The van der Waals surface area contributed by atoms with E-state index in [4.69, 9.17) is 5.73 Å². The van der Waals surface area contributed by atoms with Crippen LogP contribution in [0.5, 0.6) is 0 Å². The molecule has 0 aliphatic heterocycles. The van der Waals surface area contributed by atoms with E-state index < -0.39 is 0 Å². The van der Waals surface area contributed by atoms with Crippen LogP contribution in [0.2, 0.25) is 0 Å². The van der Waals surface area contributed by atoms with Gasteiger partial charge >= 0.3 is 0 Å². The molecule has 0 aromatic rings. The fourth-order valence-electron chi connectivity index (χ4n) is 0.928. The van der Waals surface area contributed by atoms with E-state index in [1.807, 2.05) is 0 Å².